The number of nitrogens with one attached hydrogen (secondary N) is 1. The average Bonchev–Trinajstić information content (AvgIpc) is 3.29. The van der Waals surface area contributed by atoms with E-state index in [2.05, 4.69) is 10.3 Å². The van der Waals surface area contributed by atoms with Crippen molar-refractivity contribution < 1.29 is 22.7 Å². The van der Waals surface area contributed by atoms with Gasteiger partial charge < -0.3 is 15.0 Å². The van der Waals surface area contributed by atoms with Crippen LogP contribution in [-0.2, 0) is 19.4 Å². The molecule has 2 heterocycles. The van der Waals surface area contributed by atoms with Crippen molar-refractivity contribution in [2.75, 3.05) is 30.1 Å². The monoisotopic (exact) mass is 445 g/mol. The number of aromatic nitrogens is 1. The maximum atomic E-state index is 12.7. The van der Waals surface area contributed by atoms with E-state index in [1.807, 2.05) is 0 Å². The minimum absolute atomic E-state index is 0.112. The third kappa shape index (κ3) is 4.01. The largest absolute Gasteiger partial charge is 0.497 e. The highest BCUT2D eigenvalue weighted by molar-refractivity contribution is 7.90. The number of ether oxygens (including phenoxy) is 1. The lowest BCUT2D eigenvalue weighted by Crippen LogP contribution is -2.28. The smallest absolute Gasteiger partial charge is 0.231 e. The summed E-state index contributed by atoms with van der Waals surface area (Å²) in [5.41, 5.74) is 1.31. The van der Waals surface area contributed by atoms with E-state index >= 15 is 0 Å². The minimum Gasteiger partial charge on any atom is -0.497 e. The van der Waals surface area contributed by atoms with E-state index in [0.717, 1.165) is 6.26 Å². The van der Waals surface area contributed by atoms with Crippen molar-refractivity contribution in [2.45, 2.75) is 11.3 Å². The van der Waals surface area contributed by atoms with Gasteiger partial charge in [-0.1, -0.05) is 11.3 Å². The molecule has 0 unspecified atom stereocenters. The predicted molar refractivity (Wildman–Crippen MR) is 115 cm³/mol. The molecule has 0 aliphatic carbocycles. The molecule has 8 nitrogen and oxygen atoms in total. The Bertz CT molecular complexity index is 1240. The Kier molecular flexibility index (Phi) is 5.20. The fourth-order valence-electron chi connectivity index (χ4n) is 3.29. The third-order valence-corrected chi connectivity index (χ3v) is 6.94. The molecule has 3 aromatic rings. The lowest BCUT2D eigenvalue weighted by molar-refractivity contribution is -0.122. The Hall–Kier alpha value is -2.98. The van der Waals surface area contributed by atoms with Gasteiger partial charge in [-0.15, -0.1) is 0 Å². The van der Waals surface area contributed by atoms with E-state index in [4.69, 9.17) is 4.74 Å². The molecule has 1 aromatic heterocycles. The first-order chi connectivity index (χ1) is 14.2. The van der Waals surface area contributed by atoms with Gasteiger partial charge >= 0.3 is 0 Å². The predicted octanol–water partition coefficient (Wildman–Crippen LogP) is 2.70. The standard InChI is InChI=1S/C20H19N3O5S2/c1-28-14-5-3-13(4-6-14)23-11-12(9-18(23)24)19(25)22-20-21-16-8-7-15(30(2,26)27)10-17(16)29-20/h3-8,10,12H,9,11H2,1-2H3,(H,21,22,25)/t12-/m0/s1. The van der Waals surface area contributed by atoms with Crippen LogP contribution in [0.2, 0.25) is 0 Å². The molecule has 0 spiro atoms. The molecule has 2 aromatic carbocycles. The number of nitrogens with zero attached hydrogens (tertiary/aromatic N) is 2. The number of sulfone groups is 1. The van der Waals surface area contributed by atoms with Crippen LogP contribution in [0.3, 0.4) is 0 Å². The number of rotatable bonds is 5. The first-order valence-electron chi connectivity index (χ1n) is 9.10. The first kappa shape index (κ1) is 20.3. The minimum atomic E-state index is -3.32. The second-order valence-electron chi connectivity index (χ2n) is 7.01. The number of benzene rings is 2. The summed E-state index contributed by atoms with van der Waals surface area (Å²) < 4.78 is 29.2. The van der Waals surface area contributed by atoms with Crippen LogP contribution < -0.4 is 15.0 Å². The molecule has 10 heteroatoms. The first-order valence-corrected chi connectivity index (χ1v) is 11.8. The Labute approximate surface area is 177 Å². The van der Waals surface area contributed by atoms with Crippen molar-refractivity contribution in [2.24, 2.45) is 5.92 Å². The molecule has 1 saturated heterocycles. The van der Waals surface area contributed by atoms with Gasteiger partial charge in [0.15, 0.2) is 15.0 Å². The third-order valence-electron chi connectivity index (χ3n) is 4.90. The molecule has 0 saturated carbocycles. The van der Waals surface area contributed by atoms with Gasteiger partial charge in [0.25, 0.3) is 0 Å². The molecule has 0 bridgehead atoms. The van der Waals surface area contributed by atoms with Crippen LogP contribution in [-0.4, -0.2) is 45.1 Å². The van der Waals surface area contributed by atoms with Gasteiger partial charge in [0.1, 0.15) is 5.75 Å². The van der Waals surface area contributed by atoms with Crippen molar-refractivity contribution in [3.05, 3.63) is 42.5 Å². The fourth-order valence-corrected chi connectivity index (χ4v) is 4.92. The Morgan fingerprint density at radius 3 is 2.63 bits per heavy atom. The van der Waals surface area contributed by atoms with Crippen LogP contribution >= 0.6 is 11.3 Å². The summed E-state index contributed by atoms with van der Waals surface area (Å²) in [6.45, 7) is 0.278. The molecule has 30 heavy (non-hydrogen) atoms. The SMILES string of the molecule is COc1ccc(N2C[C@@H](C(=O)Nc3nc4ccc(S(C)(=O)=O)cc4s3)CC2=O)cc1. The van der Waals surface area contributed by atoms with Crippen LogP contribution in [0.5, 0.6) is 5.75 Å². The van der Waals surface area contributed by atoms with E-state index in [0.29, 0.717) is 26.8 Å². The topological polar surface area (TPSA) is 106 Å². The van der Waals surface area contributed by atoms with Crippen molar-refractivity contribution in [3.63, 3.8) is 0 Å². The van der Waals surface area contributed by atoms with Gasteiger partial charge in [-0.3, -0.25) is 9.59 Å². The van der Waals surface area contributed by atoms with Crippen LogP contribution in [0.1, 0.15) is 6.42 Å². The second-order valence-corrected chi connectivity index (χ2v) is 10.1. The van der Waals surface area contributed by atoms with Gasteiger partial charge in [0.05, 0.1) is 28.1 Å². The highest BCUT2D eigenvalue weighted by Crippen LogP contribution is 2.30. The summed E-state index contributed by atoms with van der Waals surface area (Å²) in [4.78, 5) is 31.2. The van der Waals surface area contributed by atoms with Crippen molar-refractivity contribution in [1.29, 1.82) is 0 Å². The number of anilines is 2. The molecule has 1 fully saturated rings. The number of thiazole rings is 1. The fraction of sp³-hybridized carbons (Fsp3) is 0.250. The average molecular weight is 446 g/mol. The Morgan fingerprint density at radius 2 is 1.97 bits per heavy atom. The maximum Gasteiger partial charge on any atom is 0.231 e. The summed E-state index contributed by atoms with van der Waals surface area (Å²) in [5, 5.41) is 3.13. The van der Waals surface area contributed by atoms with Crippen molar-refractivity contribution in [3.8, 4) is 5.75 Å². The Balaban J connectivity index is 1.48. The lowest BCUT2D eigenvalue weighted by atomic mass is 10.1. The second kappa shape index (κ2) is 7.69. The van der Waals surface area contributed by atoms with Gasteiger partial charge in [-0.2, -0.15) is 0 Å². The quantitative estimate of drug-likeness (QED) is 0.647. The summed E-state index contributed by atoms with van der Waals surface area (Å²) in [6.07, 6.45) is 1.25. The molecule has 4 rings (SSSR count). The summed E-state index contributed by atoms with van der Waals surface area (Å²) >= 11 is 1.20. The van der Waals surface area contributed by atoms with E-state index in [1.54, 1.807) is 48.4 Å². The van der Waals surface area contributed by atoms with Gasteiger partial charge in [-0.05, 0) is 42.5 Å². The normalized spacial score (nSPS) is 16.8. The number of hydrogen-bond acceptors (Lipinski definition) is 7. The van der Waals surface area contributed by atoms with Gasteiger partial charge in [0.2, 0.25) is 11.8 Å². The highest BCUT2D eigenvalue weighted by atomic mass is 32.2. The van der Waals surface area contributed by atoms with Crippen LogP contribution in [0, 0.1) is 5.92 Å². The summed E-state index contributed by atoms with van der Waals surface area (Å²) in [6, 6.07) is 11.7. The van der Waals surface area contributed by atoms with Crippen molar-refractivity contribution >= 4 is 54.0 Å². The molecular formula is C20H19N3O5S2. The zero-order valence-corrected chi connectivity index (χ0v) is 17.9. The highest BCUT2D eigenvalue weighted by Gasteiger charge is 2.35. The molecule has 1 aliphatic heterocycles. The van der Waals surface area contributed by atoms with Gasteiger partial charge in [0, 0.05) is 24.9 Å². The molecule has 156 valence electrons. The van der Waals surface area contributed by atoms with Crippen molar-refractivity contribution in [1.82, 2.24) is 4.98 Å². The number of methoxy groups -OCH3 is 1. The van der Waals surface area contributed by atoms with E-state index in [-0.39, 0.29) is 29.7 Å². The van der Waals surface area contributed by atoms with E-state index < -0.39 is 15.8 Å². The van der Waals surface area contributed by atoms with Crippen LogP contribution in [0.25, 0.3) is 10.2 Å². The zero-order valence-electron chi connectivity index (χ0n) is 16.3. The number of amides is 2. The number of hydrogen-bond donors (Lipinski definition) is 1. The van der Waals surface area contributed by atoms with E-state index in [9.17, 15) is 18.0 Å². The maximum absolute atomic E-state index is 12.7. The zero-order chi connectivity index (χ0) is 21.5. The Morgan fingerprint density at radius 1 is 1.23 bits per heavy atom. The number of carbonyl (C=O) groups excluding carboxylic acids is 2. The molecule has 1 N–H and O–H groups in total. The number of fused-ring (bicyclic) bond motifs is 1. The molecule has 2 amide bonds. The molecule has 1 aliphatic rings. The molecular weight excluding hydrogens is 426 g/mol. The number of carbonyl (C=O) groups is 2. The van der Waals surface area contributed by atoms with Gasteiger partial charge in [-0.25, -0.2) is 13.4 Å². The summed E-state index contributed by atoms with van der Waals surface area (Å²) in [5.74, 6) is -0.225. The van der Waals surface area contributed by atoms with Crippen LogP contribution in [0.15, 0.2) is 47.4 Å². The van der Waals surface area contributed by atoms with E-state index in [1.165, 1.54) is 17.4 Å². The van der Waals surface area contributed by atoms with Crippen LogP contribution in [0.4, 0.5) is 10.8 Å². The molecule has 0 radical (unpaired) electrons. The lowest BCUT2D eigenvalue weighted by Gasteiger charge is -2.16. The summed E-state index contributed by atoms with van der Waals surface area (Å²) in [7, 11) is -1.75. The molecule has 1 atom stereocenters.